The zero-order chi connectivity index (χ0) is 30.5. The van der Waals surface area contributed by atoms with Crippen molar-refractivity contribution in [3.05, 3.63) is 36.4 Å². The summed E-state index contributed by atoms with van der Waals surface area (Å²) in [7, 11) is 0. The van der Waals surface area contributed by atoms with Crippen molar-refractivity contribution >= 4 is 21.5 Å². The highest BCUT2D eigenvalue weighted by Gasteiger charge is 2.23. The molecule has 0 heterocycles. The molecule has 0 N–H and O–H groups in total. The molecule has 0 fully saturated rings. The second-order valence-corrected chi connectivity index (χ2v) is 13.6. The normalized spacial score (nSPS) is 11.9. The van der Waals surface area contributed by atoms with Gasteiger partial charge in [-0.3, -0.25) is 0 Å². The molecule has 0 unspecified atom stereocenters. The van der Waals surface area contributed by atoms with E-state index in [9.17, 15) is 0 Å². The molecule has 42 heavy (non-hydrogen) atoms. The Bertz CT molecular complexity index is 1120. The standard InChI is InChI=1S/C38H58O4/c1-27(2)15-11-23-39-33-21-22-34(40-24-12-16-28(3)4)36-35(33)37(41-25-13-17-29(5)6)31-19-9-10-20-32(31)38(36)42-26-14-18-30(7)8/h9-10,19-22,27-30H,11-18,23-26H2,1-8H3. The Labute approximate surface area is 256 Å². The van der Waals surface area contributed by atoms with Gasteiger partial charge < -0.3 is 18.9 Å². The molecule has 0 spiro atoms. The van der Waals surface area contributed by atoms with Gasteiger partial charge in [-0.1, -0.05) is 79.7 Å². The highest BCUT2D eigenvalue weighted by Crippen LogP contribution is 2.50. The van der Waals surface area contributed by atoms with E-state index in [0.717, 1.165) is 95.9 Å². The van der Waals surface area contributed by atoms with Crippen LogP contribution in [0.5, 0.6) is 23.0 Å². The molecule has 0 amide bonds. The van der Waals surface area contributed by atoms with E-state index in [0.29, 0.717) is 50.1 Å². The zero-order valence-corrected chi connectivity index (χ0v) is 27.9. The van der Waals surface area contributed by atoms with E-state index in [1.165, 1.54) is 0 Å². The highest BCUT2D eigenvalue weighted by atomic mass is 16.5. The molecule has 0 aliphatic carbocycles. The summed E-state index contributed by atoms with van der Waals surface area (Å²) >= 11 is 0. The minimum absolute atomic E-state index is 0.648. The van der Waals surface area contributed by atoms with Crippen LogP contribution in [-0.4, -0.2) is 26.4 Å². The fourth-order valence-corrected chi connectivity index (χ4v) is 5.38. The molecule has 0 aliphatic rings. The van der Waals surface area contributed by atoms with Gasteiger partial charge in [-0.2, -0.15) is 0 Å². The third kappa shape index (κ3) is 10.3. The Morgan fingerprint density at radius 2 is 0.738 bits per heavy atom. The van der Waals surface area contributed by atoms with Crippen LogP contribution in [0, 0.1) is 23.7 Å². The average Bonchev–Trinajstić information content (AvgIpc) is 2.94. The number of rotatable bonds is 20. The van der Waals surface area contributed by atoms with E-state index in [1.54, 1.807) is 0 Å². The molecule has 0 atom stereocenters. The second kappa shape index (κ2) is 17.5. The number of hydrogen-bond acceptors (Lipinski definition) is 4. The largest absolute Gasteiger partial charge is 0.493 e. The van der Waals surface area contributed by atoms with Gasteiger partial charge in [0.2, 0.25) is 0 Å². The Hall–Kier alpha value is -2.62. The van der Waals surface area contributed by atoms with Crippen LogP contribution in [0.3, 0.4) is 0 Å². The maximum absolute atomic E-state index is 6.70. The molecular weight excluding hydrogens is 520 g/mol. The Morgan fingerprint density at radius 3 is 1.05 bits per heavy atom. The fourth-order valence-electron chi connectivity index (χ4n) is 5.38. The first-order valence-electron chi connectivity index (χ1n) is 16.7. The van der Waals surface area contributed by atoms with Gasteiger partial charge >= 0.3 is 0 Å². The summed E-state index contributed by atoms with van der Waals surface area (Å²) in [5, 5.41) is 4.08. The van der Waals surface area contributed by atoms with Crippen LogP contribution in [0.15, 0.2) is 36.4 Å². The zero-order valence-electron chi connectivity index (χ0n) is 27.9. The van der Waals surface area contributed by atoms with Crippen molar-refractivity contribution in [1.29, 1.82) is 0 Å². The predicted molar refractivity (Wildman–Crippen MR) is 180 cm³/mol. The smallest absolute Gasteiger partial charge is 0.139 e. The summed E-state index contributed by atoms with van der Waals surface area (Å²) in [6, 6.07) is 12.7. The lowest BCUT2D eigenvalue weighted by Crippen LogP contribution is -2.07. The lowest BCUT2D eigenvalue weighted by Gasteiger charge is -2.22. The van der Waals surface area contributed by atoms with Gasteiger partial charge in [0, 0.05) is 10.8 Å². The summed E-state index contributed by atoms with van der Waals surface area (Å²) in [5.41, 5.74) is 0. The van der Waals surface area contributed by atoms with Crippen LogP contribution < -0.4 is 18.9 Å². The number of fused-ring (bicyclic) bond motifs is 2. The van der Waals surface area contributed by atoms with Crippen molar-refractivity contribution < 1.29 is 18.9 Å². The van der Waals surface area contributed by atoms with E-state index in [-0.39, 0.29) is 0 Å². The number of ether oxygens (including phenoxy) is 4. The Balaban J connectivity index is 2.16. The summed E-state index contributed by atoms with van der Waals surface area (Å²) in [5.74, 6) is 6.06. The van der Waals surface area contributed by atoms with Crippen molar-refractivity contribution in [3.8, 4) is 23.0 Å². The molecule has 0 radical (unpaired) electrons. The third-order valence-corrected chi connectivity index (χ3v) is 7.71. The third-order valence-electron chi connectivity index (χ3n) is 7.71. The molecule has 0 saturated carbocycles. The quantitative estimate of drug-likeness (QED) is 0.0987. The molecule has 0 bridgehead atoms. The van der Waals surface area contributed by atoms with Gasteiger partial charge in [-0.15, -0.1) is 0 Å². The summed E-state index contributed by atoms with van der Waals surface area (Å²) in [6.07, 6.45) is 8.60. The van der Waals surface area contributed by atoms with Crippen LogP contribution in [0.4, 0.5) is 0 Å². The van der Waals surface area contributed by atoms with Crippen LogP contribution in [0.2, 0.25) is 0 Å². The van der Waals surface area contributed by atoms with E-state index in [4.69, 9.17) is 18.9 Å². The first-order valence-corrected chi connectivity index (χ1v) is 16.7. The van der Waals surface area contributed by atoms with Crippen LogP contribution in [0.1, 0.15) is 107 Å². The molecule has 4 heteroatoms. The molecule has 3 aromatic carbocycles. The van der Waals surface area contributed by atoms with Crippen LogP contribution in [0.25, 0.3) is 21.5 Å². The monoisotopic (exact) mass is 578 g/mol. The topological polar surface area (TPSA) is 36.9 Å². The van der Waals surface area contributed by atoms with Crippen LogP contribution in [-0.2, 0) is 0 Å². The summed E-state index contributed by atoms with van der Waals surface area (Å²) < 4.78 is 26.5. The van der Waals surface area contributed by atoms with E-state index >= 15 is 0 Å². The van der Waals surface area contributed by atoms with Gasteiger partial charge in [0.1, 0.15) is 23.0 Å². The van der Waals surface area contributed by atoms with E-state index < -0.39 is 0 Å². The SMILES string of the molecule is CC(C)CCCOc1ccc(OCCCC(C)C)c2c(OCCCC(C)C)c3ccccc3c(OCCCC(C)C)c12. The molecule has 3 aromatic rings. The Morgan fingerprint density at radius 1 is 0.429 bits per heavy atom. The minimum Gasteiger partial charge on any atom is -0.493 e. The van der Waals surface area contributed by atoms with Crippen molar-refractivity contribution in [2.45, 2.75) is 107 Å². The maximum atomic E-state index is 6.70. The molecule has 0 aliphatic heterocycles. The maximum Gasteiger partial charge on any atom is 0.139 e. The van der Waals surface area contributed by atoms with E-state index in [2.05, 4.69) is 91.8 Å². The summed E-state index contributed by atoms with van der Waals surface area (Å²) in [4.78, 5) is 0. The molecule has 4 nitrogen and oxygen atoms in total. The number of benzene rings is 3. The first-order chi connectivity index (χ1) is 20.2. The molecule has 0 aromatic heterocycles. The lowest BCUT2D eigenvalue weighted by atomic mass is 9.98. The lowest BCUT2D eigenvalue weighted by molar-refractivity contribution is 0.284. The van der Waals surface area contributed by atoms with Gasteiger partial charge in [0.05, 0.1) is 37.2 Å². The predicted octanol–water partition coefficient (Wildman–Crippen LogP) is 11.3. The minimum atomic E-state index is 0.648. The average molecular weight is 579 g/mol. The second-order valence-electron chi connectivity index (χ2n) is 13.6. The fraction of sp³-hybridized carbons (Fsp3) is 0.632. The van der Waals surface area contributed by atoms with Crippen molar-refractivity contribution in [2.24, 2.45) is 23.7 Å². The number of hydrogen-bond donors (Lipinski definition) is 0. The van der Waals surface area contributed by atoms with E-state index in [1.807, 2.05) is 0 Å². The van der Waals surface area contributed by atoms with Gasteiger partial charge in [-0.05, 0) is 87.2 Å². The molecule has 234 valence electrons. The first kappa shape index (κ1) is 33.9. The van der Waals surface area contributed by atoms with Crippen molar-refractivity contribution in [3.63, 3.8) is 0 Å². The highest BCUT2D eigenvalue weighted by molar-refractivity contribution is 6.15. The van der Waals surface area contributed by atoms with Gasteiger partial charge in [0.25, 0.3) is 0 Å². The summed E-state index contributed by atoms with van der Waals surface area (Å²) in [6.45, 7) is 20.8. The molecular formula is C38H58O4. The van der Waals surface area contributed by atoms with Gasteiger partial charge in [0.15, 0.2) is 0 Å². The molecule has 0 saturated heterocycles. The van der Waals surface area contributed by atoms with Gasteiger partial charge in [-0.25, -0.2) is 0 Å². The van der Waals surface area contributed by atoms with Crippen molar-refractivity contribution in [1.82, 2.24) is 0 Å². The van der Waals surface area contributed by atoms with Crippen molar-refractivity contribution in [2.75, 3.05) is 26.4 Å². The molecule has 3 rings (SSSR count). The van der Waals surface area contributed by atoms with Crippen LogP contribution >= 0.6 is 0 Å². The Kier molecular flexibility index (Phi) is 14.1.